The molecule has 1 saturated heterocycles. The van der Waals surface area contributed by atoms with E-state index < -0.39 is 23.5 Å². The summed E-state index contributed by atoms with van der Waals surface area (Å²) in [5.74, 6) is -0.653. The van der Waals surface area contributed by atoms with Gasteiger partial charge in [0.05, 0.1) is 11.8 Å². The Labute approximate surface area is 208 Å². The number of anilines is 2. The number of rotatable bonds is 5. The molecular formula is C29H26N2O5. The standard InChI is InChI=1S/C29H26N2O5/c1-18-12-14-30(15-13-18)20-8-10-21(11-9-20)31-26(23-7-4-16-35-23)25(28(33)29(31)34)27(32)24-17-19-5-2-3-6-22(19)36-24/h2-11,16-18,26,33H,12-15H2,1H3. The van der Waals surface area contributed by atoms with Gasteiger partial charge in [-0.15, -0.1) is 0 Å². The number of carbonyl (C=O) groups excluding carboxylic acids is 2. The molecule has 0 bridgehead atoms. The first kappa shape index (κ1) is 22.2. The third-order valence-electron chi connectivity index (χ3n) is 7.19. The number of carbonyl (C=O) groups is 2. The fraction of sp³-hybridized carbons (Fsp3) is 0.241. The zero-order valence-electron chi connectivity index (χ0n) is 19.9. The number of aliphatic hydroxyl groups excluding tert-OH is 1. The molecule has 4 aromatic rings. The summed E-state index contributed by atoms with van der Waals surface area (Å²) < 4.78 is 11.4. The Morgan fingerprint density at radius 2 is 1.69 bits per heavy atom. The molecule has 0 aliphatic carbocycles. The molecule has 1 atom stereocenters. The summed E-state index contributed by atoms with van der Waals surface area (Å²) in [5, 5.41) is 11.7. The van der Waals surface area contributed by atoms with E-state index in [0.717, 1.165) is 42.9 Å². The summed E-state index contributed by atoms with van der Waals surface area (Å²) in [6, 6.07) is 19.0. The molecule has 1 unspecified atom stereocenters. The SMILES string of the molecule is CC1CCN(c2ccc(N3C(=O)C(O)=C(C(=O)c4cc5ccccc5o4)C3c3ccco3)cc2)CC1. The van der Waals surface area contributed by atoms with Crippen molar-refractivity contribution in [3.05, 3.63) is 95.8 Å². The average Bonchev–Trinajstić information content (AvgIpc) is 3.63. The fourth-order valence-corrected chi connectivity index (χ4v) is 5.14. The lowest BCUT2D eigenvalue weighted by Gasteiger charge is -2.32. The summed E-state index contributed by atoms with van der Waals surface area (Å²) in [6.45, 7) is 4.27. The van der Waals surface area contributed by atoms with Gasteiger partial charge in [-0.2, -0.15) is 0 Å². The van der Waals surface area contributed by atoms with Crippen molar-refractivity contribution in [2.75, 3.05) is 22.9 Å². The van der Waals surface area contributed by atoms with Gasteiger partial charge in [-0.05, 0) is 67.3 Å². The second kappa shape index (κ2) is 8.75. The highest BCUT2D eigenvalue weighted by Gasteiger charge is 2.46. The number of hydrogen-bond donors (Lipinski definition) is 1. The van der Waals surface area contributed by atoms with Gasteiger partial charge >= 0.3 is 0 Å². The molecule has 2 aromatic carbocycles. The summed E-state index contributed by atoms with van der Waals surface area (Å²) in [6.07, 6.45) is 3.78. The first-order valence-corrected chi connectivity index (χ1v) is 12.2. The number of ketones is 1. The number of nitrogens with zero attached hydrogens (tertiary/aromatic N) is 2. The highest BCUT2D eigenvalue weighted by atomic mass is 16.3. The van der Waals surface area contributed by atoms with Gasteiger partial charge in [0.1, 0.15) is 17.4 Å². The second-order valence-corrected chi connectivity index (χ2v) is 9.52. The Bertz CT molecular complexity index is 1420. The minimum Gasteiger partial charge on any atom is -0.503 e. The van der Waals surface area contributed by atoms with Crippen molar-refractivity contribution in [1.29, 1.82) is 0 Å². The molecule has 2 aliphatic heterocycles. The molecule has 7 nitrogen and oxygen atoms in total. The van der Waals surface area contributed by atoms with E-state index in [1.807, 2.05) is 42.5 Å². The maximum Gasteiger partial charge on any atom is 0.294 e. The molecule has 182 valence electrons. The van der Waals surface area contributed by atoms with E-state index in [1.165, 1.54) is 11.2 Å². The van der Waals surface area contributed by atoms with E-state index in [4.69, 9.17) is 8.83 Å². The first-order valence-electron chi connectivity index (χ1n) is 12.2. The van der Waals surface area contributed by atoms with Gasteiger partial charge in [0, 0.05) is 29.9 Å². The molecule has 2 aromatic heterocycles. The van der Waals surface area contributed by atoms with Crippen LogP contribution in [0.1, 0.15) is 42.1 Å². The molecule has 36 heavy (non-hydrogen) atoms. The van der Waals surface area contributed by atoms with E-state index in [1.54, 1.807) is 24.3 Å². The Morgan fingerprint density at radius 1 is 0.972 bits per heavy atom. The third-order valence-corrected chi connectivity index (χ3v) is 7.19. The smallest absolute Gasteiger partial charge is 0.294 e. The zero-order chi connectivity index (χ0) is 24.8. The lowest BCUT2D eigenvalue weighted by molar-refractivity contribution is -0.117. The van der Waals surface area contributed by atoms with E-state index >= 15 is 0 Å². The van der Waals surface area contributed by atoms with Crippen molar-refractivity contribution in [3.63, 3.8) is 0 Å². The largest absolute Gasteiger partial charge is 0.503 e. The van der Waals surface area contributed by atoms with Crippen molar-refractivity contribution in [2.24, 2.45) is 5.92 Å². The molecule has 0 spiro atoms. The van der Waals surface area contributed by atoms with E-state index in [9.17, 15) is 14.7 Å². The molecule has 7 heteroatoms. The highest BCUT2D eigenvalue weighted by molar-refractivity contribution is 6.20. The summed E-state index contributed by atoms with van der Waals surface area (Å²) in [4.78, 5) is 30.7. The van der Waals surface area contributed by atoms with Crippen LogP contribution in [0.4, 0.5) is 11.4 Å². The molecule has 1 amide bonds. The second-order valence-electron chi connectivity index (χ2n) is 9.52. The van der Waals surface area contributed by atoms with Crippen LogP contribution in [0.15, 0.2) is 93.2 Å². The number of piperidine rings is 1. The van der Waals surface area contributed by atoms with Crippen LogP contribution in [-0.4, -0.2) is 29.9 Å². The van der Waals surface area contributed by atoms with E-state index in [0.29, 0.717) is 17.0 Å². The maximum absolute atomic E-state index is 13.6. The fourth-order valence-electron chi connectivity index (χ4n) is 5.14. The van der Waals surface area contributed by atoms with Crippen LogP contribution in [0.5, 0.6) is 0 Å². The number of para-hydroxylation sites is 1. The Balaban J connectivity index is 1.36. The first-order chi connectivity index (χ1) is 17.5. The lowest BCUT2D eigenvalue weighted by atomic mass is 9.98. The van der Waals surface area contributed by atoms with Gasteiger partial charge in [0.2, 0.25) is 5.78 Å². The van der Waals surface area contributed by atoms with E-state index in [-0.39, 0.29) is 11.3 Å². The molecule has 1 N–H and O–H groups in total. The van der Waals surface area contributed by atoms with Gasteiger partial charge in [-0.3, -0.25) is 14.5 Å². The normalized spacial score (nSPS) is 19.0. The summed E-state index contributed by atoms with van der Waals surface area (Å²) in [5.41, 5.74) is 2.14. The number of amides is 1. The van der Waals surface area contributed by atoms with Gasteiger partial charge in [-0.25, -0.2) is 0 Å². The number of aliphatic hydroxyl groups is 1. The predicted octanol–water partition coefficient (Wildman–Crippen LogP) is 6.05. The van der Waals surface area contributed by atoms with Crippen molar-refractivity contribution in [1.82, 2.24) is 0 Å². The van der Waals surface area contributed by atoms with Crippen molar-refractivity contribution in [2.45, 2.75) is 25.8 Å². The molecule has 0 saturated carbocycles. The van der Waals surface area contributed by atoms with Gasteiger partial charge in [0.25, 0.3) is 5.91 Å². The molecular weight excluding hydrogens is 456 g/mol. The van der Waals surface area contributed by atoms with E-state index in [2.05, 4.69) is 11.8 Å². The van der Waals surface area contributed by atoms with Crippen LogP contribution in [0, 0.1) is 5.92 Å². The van der Waals surface area contributed by atoms with Gasteiger partial charge in [0.15, 0.2) is 11.5 Å². The molecule has 2 aliphatic rings. The number of benzene rings is 2. The Kier molecular flexibility index (Phi) is 5.40. The minimum atomic E-state index is -0.921. The van der Waals surface area contributed by atoms with Crippen LogP contribution in [0.2, 0.25) is 0 Å². The van der Waals surface area contributed by atoms with Crippen molar-refractivity contribution < 1.29 is 23.5 Å². The molecule has 4 heterocycles. The number of Topliss-reactive ketones (excluding diaryl/α,β-unsaturated/α-hetero) is 1. The molecule has 1 fully saturated rings. The zero-order valence-corrected chi connectivity index (χ0v) is 19.9. The molecule has 0 radical (unpaired) electrons. The monoisotopic (exact) mass is 482 g/mol. The van der Waals surface area contributed by atoms with Crippen LogP contribution >= 0.6 is 0 Å². The number of fused-ring (bicyclic) bond motifs is 1. The summed E-state index contributed by atoms with van der Waals surface area (Å²) >= 11 is 0. The topological polar surface area (TPSA) is 87.1 Å². The van der Waals surface area contributed by atoms with Gasteiger partial charge in [-0.1, -0.05) is 25.1 Å². The minimum absolute atomic E-state index is 0.0543. The third kappa shape index (κ3) is 3.68. The van der Waals surface area contributed by atoms with Crippen LogP contribution in [-0.2, 0) is 4.79 Å². The average molecular weight is 483 g/mol. The lowest BCUT2D eigenvalue weighted by Crippen LogP contribution is -2.33. The predicted molar refractivity (Wildman–Crippen MR) is 136 cm³/mol. The number of hydrogen-bond acceptors (Lipinski definition) is 6. The van der Waals surface area contributed by atoms with Crippen molar-refractivity contribution in [3.8, 4) is 0 Å². The van der Waals surface area contributed by atoms with Crippen LogP contribution in [0.25, 0.3) is 11.0 Å². The molecule has 6 rings (SSSR count). The number of furan rings is 2. The quantitative estimate of drug-likeness (QED) is 0.349. The Hall–Kier alpha value is -4.26. The maximum atomic E-state index is 13.6. The summed E-state index contributed by atoms with van der Waals surface area (Å²) in [7, 11) is 0. The van der Waals surface area contributed by atoms with Gasteiger partial charge < -0.3 is 18.8 Å². The van der Waals surface area contributed by atoms with Crippen molar-refractivity contribution >= 4 is 34.0 Å². The highest BCUT2D eigenvalue weighted by Crippen LogP contribution is 2.43. The Morgan fingerprint density at radius 3 is 2.39 bits per heavy atom. The van der Waals surface area contributed by atoms with Crippen LogP contribution < -0.4 is 9.80 Å². The van der Waals surface area contributed by atoms with Crippen LogP contribution in [0.3, 0.4) is 0 Å².